The van der Waals surface area contributed by atoms with Crippen molar-refractivity contribution in [1.29, 1.82) is 0 Å². The van der Waals surface area contributed by atoms with Gasteiger partial charge in [0.15, 0.2) is 11.7 Å². The van der Waals surface area contributed by atoms with Crippen molar-refractivity contribution in [1.82, 2.24) is 14.3 Å². The smallest absolute Gasteiger partial charge is 0.419 e. The highest BCUT2D eigenvalue weighted by Gasteiger charge is 2.20. The van der Waals surface area contributed by atoms with Gasteiger partial charge in [-0.25, -0.2) is 9.48 Å². The average Bonchev–Trinajstić information content (AvgIpc) is 3.23. The van der Waals surface area contributed by atoms with E-state index in [1.54, 1.807) is 41.2 Å². The first kappa shape index (κ1) is 19.4. The van der Waals surface area contributed by atoms with Crippen molar-refractivity contribution < 1.29 is 18.7 Å². The molecule has 9 nitrogen and oxygen atoms in total. The third kappa shape index (κ3) is 4.13. The SMILES string of the molecule is CC(C)n1nccc1NC(=O)[C@H](C)OC(=O)CCn1c(=O)oc2ccccc21. The van der Waals surface area contributed by atoms with Crippen LogP contribution in [0.25, 0.3) is 11.1 Å². The number of fused-ring (bicyclic) bond motifs is 1. The zero-order valence-electron chi connectivity index (χ0n) is 15.9. The summed E-state index contributed by atoms with van der Waals surface area (Å²) in [7, 11) is 0. The molecule has 0 aliphatic heterocycles. The molecule has 1 aromatic carbocycles. The predicted octanol–water partition coefficient (Wildman–Crippen LogP) is 2.33. The van der Waals surface area contributed by atoms with Crippen molar-refractivity contribution in [2.75, 3.05) is 5.32 Å². The first-order chi connectivity index (χ1) is 13.4. The second-order valence-electron chi connectivity index (χ2n) is 6.61. The summed E-state index contributed by atoms with van der Waals surface area (Å²) in [5.74, 6) is -1.06. The maximum Gasteiger partial charge on any atom is 0.419 e. The number of benzene rings is 1. The number of ether oxygens (including phenoxy) is 1. The van der Waals surface area contributed by atoms with E-state index >= 15 is 0 Å². The van der Waals surface area contributed by atoms with Crippen LogP contribution in [-0.2, 0) is 20.9 Å². The maximum atomic E-state index is 12.3. The third-order valence-corrected chi connectivity index (χ3v) is 4.20. The number of nitrogens with zero attached hydrogens (tertiary/aromatic N) is 3. The minimum Gasteiger partial charge on any atom is -0.452 e. The van der Waals surface area contributed by atoms with Crippen molar-refractivity contribution in [3.8, 4) is 0 Å². The Kier molecular flexibility index (Phi) is 5.62. The van der Waals surface area contributed by atoms with Gasteiger partial charge in [0.25, 0.3) is 5.91 Å². The van der Waals surface area contributed by atoms with Crippen molar-refractivity contribution in [2.45, 2.75) is 45.9 Å². The van der Waals surface area contributed by atoms with E-state index in [0.717, 1.165) is 0 Å². The summed E-state index contributed by atoms with van der Waals surface area (Å²) in [6.45, 7) is 5.47. The van der Waals surface area contributed by atoms with E-state index in [0.29, 0.717) is 16.9 Å². The molecule has 0 bridgehead atoms. The van der Waals surface area contributed by atoms with E-state index in [-0.39, 0.29) is 19.0 Å². The lowest BCUT2D eigenvalue weighted by Gasteiger charge is -2.15. The number of esters is 1. The number of hydrogen-bond acceptors (Lipinski definition) is 6. The Morgan fingerprint density at radius 3 is 2.71 bits per heavy atom. The zero-order valence-corrected chi connectivity index (χ0v) is 15.9. The van der Waals surface area contributed by atoms with Gasteiger partial charge < -0.3 is 14.5 Å². The first-order valence-corrected chi connectivity index (χ1v) is 8.99. The van der Waals surface area contributed by atoms with Gasteiger partial charge >= 0.3 is 11.7 Å². The second-order valence-corrected chi connectivity index (χ2v) is 6.61. The molecule has 148 valence electrons. The number of oxazole rings is 1. The van der Waals surface area contributed by atoms with Crippen LogP contribution < -0.4 is 11.1 Å². The first-order valence-electron chi connectivity index (χ1n) is 8.99. The van der Waals surface area contributed by atoms with Crippen LogP contribution in [-0.4, -0.2) is 32.3 Å². The Balaban J connectivity index is 1.56. The van der Waals surface area contributed by atoms with E-state index in [2.05, 4.69) is 10.4 Å². The average molecular weight is 386 g/mol. The molecule has 0 spiro atoms. The van der Waals surface area contributed by atoms with Gasteiger partial charge in [0.2, 0.25) is 0 Å². The largest absolute Gasteiger partial charge is 0.452 e. The molecule has 3 rings (SSSR count). The molecule has 0 aliphatic carbocycles. The number of aromatic nitrogens is 3. The molecule has 0 radical (unpaired) electrons. The summed E-state index contributed by atoms with van der Waals surface area (Å²) in [6, 6.07) is 8.70. The van der Waals surface area contributed by atoms with Crippen molar-refractivity contribution in [2.24, 2.45) is 0 Å². The lowest BCUT2D eigenvalue weighted by atomic mass is 10.3. The van der Waals surface area contributed by atoms with Crippen LogP contribution in [0.1, 0.15) is 33.2 Å². The van der Waals surface area contributed by atoms with Gasteiger partial charge in [-0.1, -0.05) is 12.1 Å². The van der Waals surface area contributed by atoms with E-state index < -0.39 is 23.7 Å². The van der Waals surface area contributed by atoms with Gasteiger partial charge in [0.05, 0.1) is 18.1 Å². The Hall–Kier alpha value is -3.36. The van der Waals surface area contributed by atoms with Crippen LogP contribution in [0.3, 0.4) is 0 Å². The number of aryl methyl sites for hydroxylation is 1. The molecule has 1 atom stereocenters. The van der Waals surface area contributed by atoms with Gasteiger partial charge in [-0.05, 0) is 32.9 Å². The van der Waals surface area contributed by atoms with Crippen molar-refractivity contribution >= 4 is 28.8 Å². The summed E-state index contributed by atoms with van der Waals surface area (Å²) in [5.41, 5.74) is 1.06. The summed E-state index contributed by atoms with van der Waals surface area (Å²) in [6.07, 6.45) is 0.533. The molecule has 0 saturated carbocycles. The van der Waals surface area contributed by atoms with Crippen LogP contribution in [0, 0.1) is 0 Å². The van der Waals surface area contributed by atoms with Gasteiger partial charge in [0, 0.05) is 18.7 Å². The number of carbonyl (C=O) groups is 2. The monoisotopic (exact) mass is 386 g/mol. The predicted molar refractivity (Wildman–Crippen MR) is 102 cm³/mol. The molecule has 1 N–H and O–H groups in total. The van der Waals surface area contributed by atoms with Crippen LogP contribution >= 0.6 is 0 Å². The quantitative estimate of drug-likeness (QED) is 0.624. The Bertz CT molecular complexity index is 1050. The van der Waals surface area contributed by atoms with Gasteiger partial charge in [-0.2, -0.15) is 5.10 Å². The highest BCUT2D eigenvalue weighted by molar-refractivity contribution is 5.94. The number of carbonyl (C=O) groups excluding carboxylic acids is 2. The molecule has 0 aliphatic rings. The fourth-order valence-corrected chi connectivity index (χ4v) is 2.79. The molecule has 0 unspecified atom stereocenters. The van der Waals surface area contributed by atoms with Crippen molar-refractivity contribution in [3.05, 3.63) is 47.1 Å². The van der Waals surface area contributed by atoms with E-state index in [1.165, 1.54) is 11.5 Å². The third-order valence-electron chi connectivity index (χ3n) is 4.20. The number of anilines is 1. The van der Waals surface area contributed by atoms with E-state index in [9.17, 15) is 14.4 Å². The van der Waals surface area contributed by atoms with Crippen LogP contribution in [0.4, 0.5) is 5.82 Å². The molecular weight excluding hydrogens is 364 g/mol. The summed E-state index contributed by atoms with van der Waals surface area (Å²) in [5, 5.41) is 6.83. The maximum absolute atomic E-state index is 12.3. The summed E-state index contributed by atoms with van der Waals surface area (Å²) >= 11 is 0. The number of rotatable bonds is 7. The molecule has 2 heterocycles. The molecule has 0 saturated heterocycles. The Morgan fingerprint density at radius 2 is 1.96 bits per heavy atom. The highest BCUT2D eigenvalue weighted by Crippen LogP contribution is 2.14. The van der Waals surface area contributed by atoms with Gasteiger partial charge in [-0.3, -0.25) is 14.2 Å². The molecule has 3 aromatic rings. The van der Waals surface area contributed by atoms with Crippen LogP contribution in [0.15, 0.2) is 45.7 Å². The fraction of sp³-hybridized carbons (Fsp3) is 0.368. The molecule has 2 aromatic heterocycles. The van der Waals surface area contributed by atoms with Crippen molar-refractivity contribution in [3.63, 3.8) is 0 Å². The van der Waals surface area contributed by atoms with Crippen LogP contribution in [0.2, 0.25) is 0 Å². The molecule has 0 fully saturated rings. The number of amides is 1. The molecule has 9 heteroatoms. The zero-order chi connectivity index (χ0) is 20.3. The minimum atomic E-state index is -0.985. The molecule has 28 heavy (non-hydrogen) atoms. The summed E-state index contributed by atoms with van der Waals surface area (Å²) in [4.78, 5) is 36.3. The Morgan fingerprint density at radius 1 is 1.21 bits per heavy atom. The van der Waals surface area contributed by atoms with Gasteiger partial charge in [-0.15, -0.1) is 0 Å². The highest BCUT2D eigenvalue weighted by atomic mass is 16.5. The van der Waals surface area contributed by atoms with Gasteiger partial charge in [0.1, 0.15) is 5.82 Å². The Labute approximate surface area is 160 Å². The number of nitrogens with one attached hydrogen (secondary N) is 1. The normalized spacial score (nSPS) is 12.3. The van der Waals surface area contributed by atoms with Crippen LogP contribution in [0.5, 0.6) is 0 Å². The van der Waals surface area contributed by atoms with E-state index in [1.807, 2.05) is 13.8 Å². The molecular formula is C19H22N4O5. The lowest BCUT2D eigenvalue weighted by Crippen LogP contribution is -2.31. The van der Waals surface area contributed by atoms with E-state index in [4.69, 9.17) is 9.15 Å². The number of hydrogen-bond donors (Lipinski definition) is 1. The fourth-order valence-electron chi connectivity index (χ4n) is 2.79. The minimum absolute atomic E-state index is 0.0645. The second kappa shape index (κ2) is 8.12. The molecule has 1 amide bonds. The summed E-state index contributed by atoms with van der Waals surface area (Å²) < 4.78 is 13.3. The standard InChI is InChI=1S/C19H22N4O5/c1-12(2)23-16(8-10-20-23)21-18(25)13(3)27-17(24)9-11-22-14-6-4-5-7-15(14)28-19(22)26/h4-8,10,12-13H,9,11H2,1-3H3,(H,21,25)/t13-/m0/s1. The number of para-hydroxylation sites is 2. The topological polar surface area (TPSA) is 108 Å². The lowest BCUT2D eigenvalue weighted by molar-refractivity contribution is -0.153.